The Morgan fingerprint density at radius 1 is 1.55 bits per heavy atom. The molecule has 0 aromatic carbocycles. The second-order valence-electron chi connectivity index (χ2n) is 3.62. The number of hydrogen-bond acceptors (Lipinski definition) is 1. The van der Waals surface area contributed by atoms with Crippen molar-refractivity contribution >= 4 is 15.9 Å². The van der Waals surface area contributed by atoms with Gasteiger partial charge in [0.15, 0.2) is 0 Å². The quantitative estimate of drug-likeness (QED) is 0.666. The Kier molecular flexibility index (Phi) is 3.86. The summed E-state index contributed by atoms with van der Waals surface area (Å²) in [5.74, 6) is 1.63. The molecule has 1 aliphatic heterocycles. The summed E-state index contributed by atoms with van der Waals surface area (Å²) in [7, 11) is 0. The Bertz CT molecular complexity index is 108. The van der Waals surface area contributed by atoms with Crippen LogP contribution in [0.4, 0.5) is 0 Å². The first-order valence-electron chi connectivity index (χ1n) is 4.42. The lowest BCUT2D eigenvalue weighted by atomic mass is 9.90. The van der Waals surface area contributed by atoms with Gasteiger partial charge in [0.25, 0.3) is 0 Å². The van der Waals surface area contributed by atoms with E-state index in [1.807, 2.05) is 0 Å². The van der Waals surface area contributed by atoms with E-state index in [1.54, 1.807) is 0 Å². The third-order valence-electron chi connectivity index (χ3n) is 2.47. The van der Waals surface area contributed by atoms with Crippen LogP contribution in [-0.2, 0) is 4.74 Å². The lowest BCUT2D eigenvalue weighted by Crippen LogP contribution is -2.14. The highest BCUT2D eigenvalue weighted by atomic mass is 79.9. The molecule has 0 bridgehead atoms. The molecule has 0 spiro atoms. The zero-order valence-corrected chi connectivity index (χ0v) is 8.93. The van der Waals surface area contributed by atoms with Crippen molar-refractivity contribution in [3.05, 3.63) is 0 Å². The van der Waals surface area contributed by atoms with Crippen molar-refractivity contribution in [2.45, 2.75) is 31.5 Å². The van der Waals surface area contributed by atoms with Crippen LogP contribution in [0.15, 0.2) is 0 Å². The van der Waals surface area contributed by atoms with Gasteiger partial charge >= 0.3 is 0 Å². The maximum atomic E-state index is 5.34. The van der Waals surface area contributed by atoms with Gasteiger partial charge in [-0.1, -0.05) is 29.8 Å². The van der Waals surface area contributed by atoms with Crippen LogP contribution in [0.25, 0.3) is 0 Å². The smallest absolute Gasteiger partial charge is 0.0497 e. The molecule has 0 saturated carbocycles. The van der Waals surface area contributed by atoms with Crippen LogP contribution >= 0.6 is 15.9 Å². The van der Waals surface area contributed by atoms with Gasteiger partial charge in [0.05, 0.1) is 0 Å². The third kappa shape index (κ3) is 3.12. The van der Waals surface area contributed by atoms with Crippen molar-refractivity contribution in [2.75, 3.05) is 13.2 Å². The summed E-state index contributed by atoms with van der Waals surface area (Å²) in [6.45, 7) is 6.51. The molecule has 11 heavy (non-hydrogen) atoms. The van der Waals surface area contributed by atoms with Gasteiger partial charge < -0.3 is 4.74 Å². The fourth-order valence-electron chi connectivity index (χ4n) is 1.71. The molecular formula is C9H17BrO. The maximum absolute atomic E-state index is 5.34. The molecule has 3 unspecified atom stereocenters. The summed E-state index contributed by atoms with van der Waals surface area (Å²) in [4.78, 5) is 0.651. The number of hydrogen-bond donors (Lipinski definition) is 0. The van der Waals surface area contributed by atoms with Crippen LogP contribution in [-0.4, -0.2) is 18.0 Å². The lowest BCUT2D eigenvalue weighted by molar-refractivity contribution is 0.173. The van der Waals surface area contributed by atoms with Gasteiger partial charge in [-0.2, -0.15) is 0 Å². The number of halogens is 1. The molecule has 1 fully saturated rings. The first-order chi connectivity index (χ1) is 5.20. The Labute approximate surface area is 77.6 Å². The minimum absolute atomic E-state index is 0.651. The number of ether oxygens (including phenoxy) is 1. The molecule has 0 amide bonds. The number of rotatable bonds is 3. The molecular weight excluding hydrogens is 204 g/mol. The van der Waals surface area contributed by atoms with E-state index in [0.29, 0.717) is 4.83 Å². The van der Waals surface area contributed by atoms with Gasteiger partial charge in [0.2, 0.25) is 0 Å². The molecule has 1 nitrogen and oxygen atoms in total. The fraction of sp³-hybridized carbons (Fsp3) is 1.00. The fourth-order valence-corrected chi connectivity index (χ4v) is 2.30. The Morgan fingerprint density at radius 3 is 2.73 bits per heavy atom. The maximum Gasteiger partial charge on any atom is 0.0497 e. The van der Waals surface area contributed by atoms with Crippen LogP contribution in [0.3, 0.4) is 0 Å². The first kappa shape index (κ1) is 9.53. The Hall–Kier alpha value is 0.440. The molecule has 0 aliphatic carbocycles. The van der Waals surface area contributed by atoms with Crippen LogP contribution in [0.2, 0.25) is 0 Å². The second-order valence-corrected chi connectivity index (χ2v) is 5.18. The summed E-state index contributed by atoms with van der Waals surface area (Å²) < 4.78 is 5.34. The Balaban J connectivity index is 2.22. The molecule has 0 aromatic rings. The van der Waals surface area contributed by atoms with Crippen molar-refractivity contribution in [1.82, 2.24) is 0 Å². The van der Waals surface area contributed by atoms with Crippen molar-refractivity contribution in [1.29, 1.82) is 0 Å². The molecule has 0 N–H and O–H groups in total. The molecule has 66 valence electrons. The van der Waals surface area contributed by atoms with Gasteiger partial charge in [-0.05, 0) is 24.7 Å². The molecule has 1 aliphatic rings. The highest BCUT2D eigenvalue weighted by Gasteiger charge is 2.22. The van der Waals surface area contributed by atoms with Crippen molar-refractivity contribution in [2.24, 2.45) is 11.8 Å². The van der Waals surface area contributed by atoms with E-state index in [4.69, 9.17) is 4.74 Å². The summed E-state index contributed by atoms with van der Waals surface area (Å²) in [5, 5.41) is 0. The Morgan fingerprint density at radius 2 is 2.27 bits per heavy atom. The zero-order chi connectivity index (χ0) is 8.27. The summed E-state index contributed by atoms with van der Waals surface area (Å²) in [6.07, 6.45) is 2.54. The number of alkyl halides is 1. The summed E-state index contributed by atoms with van der Waals surface area (Å²) in [5.41, 5.74) is 0. The van der Waals surface area contributed by atoms with Gasteiger partial charge in [-0.25, -0.2) is 0 Å². The van der Waals surface area contributed by atoms with Crippen molar-refractivity contribution in [3.8, 4) is 0 Å². The van der Waals surface area contributed by atoms with E-state index in [1.165, 1.54) is 12.8 Å². The van der Waals surface area contributed by atoms with Crippen LogP contribution in [0.1, 0.15) is 26.7 Å². The van der Waals surface area contributed by atoms with Gasteiger partial charge in [0.1, 0.15) is 0 Å². The average Bonchev–Trinajstić information content (AvgIpc) is 2.35. The van der Waals surface area contributed by atoms with Gasteiger partial charge in [0, 0.05) is 18.0 Å². The van der Waals surface area contributed by atoms with E-state index in [2.05, 4.69) is 29.8 Å². The predicted octanol–water partition coefficient (Wildman–Crippen LogP) is 2.83. The largest absolute Gasteiger partial charge is 0.381 e. The zero-order valence-electron chi connectivity index (χ0n) is 7.35. The van der Waals surface area contributed by atoms with Crippen LogP contribution in [0.5, 0.6) is 0 Å². The average molecular weight is 221 g/mol. The van der Waals surface area contributed by atoms with E-state index in [-0.39, 0.29) is 0 Å². The van der Waals surface area contributed by atoms with E-state index in [0.717, 1.165) is 25.0 Å². The standard InChI is InChI=1S/C9H17BrO/c1-7(5-8(2)10)9-3-4-11-6-9/h7-9H,3-6H2,1-2H3. The van der Waals surface area contributed by atoms with Crippen LogP contribution < -0.4 is 0 Å². The van der Waals surface area contributed by atoms with Gasteiger partial charge in [-0.3, -0.25) is 0 Å². The van der Waals surface area contributed by atoms with Crippen molar-refractivity contribution in [3.63, 3.8) is 0 Å². The molecule has 0 radical (unpaired) electrons. The van der Waals surface area contributed by atoms with E-state index < -0.39 is 0 Å². The van der Waals surface area contributed by atoms with E-state index in [9.17, 15) is 0 Å². The monoisotopic (exact) mass is 220 g/mol. The molecule has 3 atom stereocenters. The normalized spacial score (nSPS) is 30.3. The van der Waals surface area contributed by atoms with E-state index >= 15 is 0 Å². The SMILES string of the molecule is CC(Br)CC(C)C1CCOC1. The molecule has 1 heterocycles. The molecule has 1 saturated heterocycles. The molecule has 0 aromatic heterocycles. The second kappa shape index (κ2) is 4.46. The minimum atomic E-state index is 0.651. The third-order valence-corrected chi connectivity index (χ3v) is 2.84. The predicted molar refractivity (Wildman–Crippen MR) is 51.1 cm³/mol. The minimum Gasteiger partial charge on any atom is -0.381 e. The molecule has 2 heteroatoms. The van der Waals surface area contributed by atoms with Gasteiger partial charge in [-0.15, -0.1) is 0 Å². The summed E-state index contributed by atoms with van der Waals surface area (Å²) >= 11 is 3.58. The van der Waals surface area contributed by atoms with Crippen LogP contribution in [0, 0.1) is 11.8 Å². The highest BCUT2D eigenvalue weighted by molar-refractivity contribution is 9.09. The molecule has 1 rings (SSSR count). The lowest BCUT2D eigenvalue weighted by Gasteiger charge is -2.18. The first-order valence-corrected chi connectivity index (χ1v) is 5.33. The topological polar surface area (TPSA) is 9.23 Å². The highest BCUT2D eigenvalue weighted by Crippen LogP contribution is 2.26. The van der Waals surface area contributed by atoms with Crippen molar-refractivity contribution < 1.29 is 4.74 Å². The summed E-state index contributed by atoms with van der Waals surface area (Å²) in [6, 6.07) is 0.